The van der Waals surface area contributed by atoms with Crippen molar-refractivity contribution in [3.63, 3.8) is 0 Å². The number of ether oxygens (including phenoxy) is 1. The van der Waals surface area contributed by atoms with Crippen LogP contribution in [0.15, 0.2) is 18.2 Å². The van der Waals surface area contributed by atoms with E-state index < -0.39 is 0 Å². The van der Waals surface area contributed by atoms with Crippen molar-refractivity contribution in [3.8, 4) is 5.75 Å². The highest BCUT2D eigenvalue weighted by atomic mass is 16.5. The van der Waals surface area contributed by atoms with Gasteiger partial charge in [-0.2, -0.15) is 0 Å². The standard InChI is InChI=1S/C19H29NO2/c1-13(22-5)12-20-10-9-19(4)15-7-6-8-16(21)14(15)11-17(20)18(19,2)3/h6-8,13,17,21H,9-12H2,1-5H3/t13-,17-,19+/m1/s1. The Balaban J connectivity index is 2.04. The molecule has 3 atom stereocenters. The summed E-state index contributed by atoms with van der Waals surface area (Å²) in [6, 6.07) is 6.50. The van der Waals surface area contributed by atoms with Crippen molar-refractivity contribution in [2.24, 2.45) is 5.41 Å². The van der Waals surface area contributed by atoms with Gasteiger partial charge in [0.05, 0.1) is 6.10 Å². The topological polar surface area (TPSA) is 32.7 Å². The summed E-state index contributed by atoms with van der Waals surface area (Å²) >= 11 is 0. The Bertz CT molecular complexity index is 569. The molecular weight excluding hydrogens is 274 g/mol. The van der Waals surface area contributed by atoms with Crippen LogP contribution < -0.4 is 0 Å². The molecule has 0 amide bonds. The van der Waals surface area contributed by atoms with E-state index in [4.69, 9.17) is 4.74 Å². The number of rotatable bonds is 3. The lowest BCUT2D eigenvalue weighted by Gasteiger charge is -2.61. The molecule has 1 aliphatic heterocycles. The zero-order chi connectivity index (χ0) is 16.1. The van der Waals surface area contributed by atoms with Gasteiger partial charge in [0.1, 0.15) is 5.75 Å². The fourth-order valence-electron chi connectivity index (χ4n) is 4.66. The number of benzene rings is 1. The van der Waals surface area contributed by atoms with E-state index in [1.807, 2.05) is 12.1 Å². The van der Waals surface area contributed by atoms with Gasteiger partial charge in [0.2, 0.25) is 0 Å². The summed E-state index contributed by atoms with van der Waals surface area (Å²) in [5, 5.41) is 10.4. The molecule has 1 N–H and O–H groups in total. The van der Waals surface area contributed by atoms with Gasteiger partial charge in [-0.1, -0.05) is 32.9 Å². The predicted molar refractivity (Wildman–Crippen MR) is 89.4 cm³/mol. The summed E-state index contributed by atoms with van der Waals surface area (Å²) in [6.07, 6.45) is 2.30. The maximum atomic E-state index is 10.4. The Morgan fingerprint density at radius 2 is 2.09 bits per heavy atom. The number of hydrogen-bond donors (Lipinski definition) is 1. The minimum atomic E-state index is 0.122. The molecule has 2 aliphatic rings. The molecule has 0 unspecified atom stereocenters. The highest BCUT2D eigenvalue weighted by molar-refractivity contribution is 5.48. The number of phenolic OH excluding ortho intramolecular Hbond substituents is 1. The van der Waals surface area contributed by atoms with E-state index in [9.17, 15) is 5.11 Å². The van der Waals surface area contributed by atoms with E-state index in [0.717, 1.165) is 31.5 Å². The second-order valence-electron chi connectivity index (χ2n) is 7.87. The van der Waals surface area contributed by atoms with Crippen molar-refractivity contribution in [3.05, 3.63) is 29.3 Å². The van der Waals surface area contributed by atoms with Gasteiger partial charge in [-0.3, -0.25) is 4.90 Å². The molecule has 0 spiro atoms. The van der Waals surface area contributed by atoms with Gasteiger partial charge in [0.25, 0.3) is 0 Å². The van der Waals surface area contributed by atoms with E-state index in [1.54, 1.807) is 7.11 Å². The summed E-state index contributed by atoms with van der Waals surface area (Å²) in [5.41, 5.74) is 2.81. The minimum absolute atomic E-state index is 0.122. The van der Waals surface area contributed by atoms with Crippen LogP contribution in [-0.4, -0.2) is 42.4 Å². The third-order valence-electron chi connectivity index (χ3n) is 6.63. The van der Waals surface area contributed by atoms with Crippen molar-refractivity contribution in [1.29, 1.82) is 0 Å². The maximum absolute atomic E-state index is 10.4. The van der Waals surface area contributed by atoms with Gasteiger partial charge in [-0.25, -0.2) is 0 Å². The summed E-state index contributed by atoms with van der Waals surface area (Å²) in [4.78, 5) is 2.57. The van der Waals surface area contributed by atoms with Crippen molar-refractivity contribution in [1.82, 2.24) is 4.90 Å². The third-order valence-corrected chi connectivity index (χ3v) is 6.63. The van der Waals surface area contributed by atoms with E-state index in [0.29, 0.717) is 11.8 Å². The fourth-order valence-corrected chi connectivity index (χ4v) is 4.66. The van der Waals surface area contributed by atoms with E-state index in [1.165, 1.54) is 5.56 Å². The lowest BCUT2D eigenvalue weighted by Crippen LogP contribution is -2.64. The molecule has 0 saturated carbocycles. The summed E-state index contributed by atoms with van der Waals surface area (Å²) < 4.78 is 5.49. The molecule has 1 aliphatic carbocycles. The molecule has 1 saturated heterocycles. The quantitative estimate of drug-likeness (QED) is 0.929. The average molecular weight is 303 g/mol. The zero-order valence-electron chi connectivity index (χ0n) is 14.5. The van der Waals surface area contributed by atoms with Crippen molar-refractivity contribution < 1.29 is 9.84 Å². The van der Waals surface area contributed by atoms with Gasteiger partial charge in [-0.15, -0.1) is 0 Å². The maximum Gasteiger partial charge on any atom is 0.119 e. The Morgan fingerprint density at radius 1 is 1.36 bits per heavy atom. The third kappa shape index (κ3) is 2.10. The second kappa shape index (κ2) is 5.24. The average Bonchev–Trinajstić information content (AvgIpc) is 2.46. The Kier molecular flexibility index (Phi) is 3.77. The van der Waals surface area contributed by atoms with E-state index >= 15 is 0 Å². The normalized spacial score (nSPS) is 31.6. The molecule has 1 aromatic rings. The predicted octanol–water partition coefficient (Wildman–Crippen LogP) is 3.34. The molecular formula is C19H29NO2. The molecule has 122 valence electrons. The van der Waals surface area contributed by atoms with Gasteiger partial charge >= 0.3 is 0 Å². The fraction of sp³-hybridized carbons (Fsp3) is 0.684. The first-order valence-corrected chi connectivity index (χ1v) is 8.39. The zero-order valence-corrected chi connectivity index (χ0v) is 14.5. The number of piperidine rings is 1. The number of nitrogens with zero attached hydrogens (tertiary/aromatic N) is 1. The lowest BCUT2D eigenvalue weighted by molar-refractivity contribution is -0.0572. The van der Waals surface area contributed by atoms with Crippen LogP contribution in [0, 0.1) is 5.41 Å². The molecule has 1 heterocycles. The van der Waals surface area contributed by atoms with Crippen LogP contribution in [0.1, 0.15) is 45.2 Å². The van der Waals surface area contributed by atoms with Crippen molar-refractivity contribution >= 4 is 0 Å². The SMILES string of the molecule is CO[C@H](C)CN1CC[C@@]2(C)c3cccc(O)c3C[C@@H]1C2(C)C. The summed E-state index contributed by atoms with van der Waals surface area (Å²) in [5.74, 6) is 0.464. The molecule has 1 aromatic carbocycles. The smallest absolute Gasteiger partial charge is 0.119 e. The van der Waals surface area contributed by atoms with E-state index in [-0.39, 0.29) is 16.9 Å². The van der Waals surface area contributed by atoms with Crippen molar-refractivity contribution in [2.45, 2.75) is 58.1 Å². The van der Waals surface area contributed by atoms with E-state index in [2.05, 4.69) is 38.7 Å². The molecule has 3 nitrogen and oxygen atoms in total. The first kappa shape index (κ1) is 15.8. The summed E-state index contributed by atoms with van der Waals surface area (Å²) in [7, 11) is 1.78. The molecule has 0 aromatic heterocycles. The number of phenols is 1. The largest absolute Gasteiger partial charge is 0.508 e. The number of fused-ring (bicyclic) bond motifs is 4. The van der Waals surface area contributed by atoms with Crippen LogP contribution in [0.5, 0.6) is 5.75 Å². The molecule has 22 heavy (non-hydrogen) atoms. The van der Waals surface area contributed by atoms with Gasteiger partial charge in [-0.05, 0) is 48.9 Å². The Labute approximate surface area is 134 Å². The lowest BCUT2D eigenvalue weighted by atomic mass is 9.51. The highest BCUT2D eigenvalue weighted by Gasteiger charge is 2.56. The van der Waals surface area contributed by atoms with Crippen molar-refractivity contribution in [2.75, 3.05) is 20.2 Å². The minimum Gasteiger partial charge on any atom is -0.508 e. The highest BCUT2D eigenvalue weighted by Crippen LogP contribution is 2.57. The van der Waals surface area contributed by atoms with Crippen LogP contribution in [0.25, 0.3) is 0 Å². The number of methoxy groups -OCH3 is 1. The van der Waals surface area contributed by atoms with Crippen LogP contribution in [0.4, 0.5) is 0 Å². The van der Waals surface area contributed by atoms with Gasteiger partial charge in [0.15, 0.2) is 0 Å². The molecule has 1 fully saturated rings. The summed E-state index contributed by atoms with van der Waals surface area (Å²) in [6.45, 7) is 11.4. The second-order valence-corrected chi connectivity index (χ2v) is 7.87. The molecule has 3 rings (SSSR count). The number of hydrogen-bond acceptors (Lipinski definition) is 3. The van der Waals surface area contributed by atoms with Crippen LogP contribution >= 0.6 is 0 Å². The number of aromatic hydroxyl groups is 1. The Hall–Kier alpha value is -1.06. The molecule has 0 radical (unpaired) electrons. The van der Waals surface area contributed by atoms with Gasteiger partial charge < -0.3 is 9.84 Å². The molecule has 2 bridgehead atoms. The van der Waals surface area contributed by atoms with Crippen LogP contribution in [0.3, 0.4) is 0 Å². The first-order chi connectivity index (χ1) is 10.3. The van der Waals surface area contributed by atoms with Crippen LogP contribution in [-0.2, 0) is 16.6 Å². The monoisotopic (exact) mass is 303 g/mol. The molecule has 3 heteroatoms. The van der Waals surface area contributed by atoms with Crippen LogP contribution in [0.2, 0.25) is 0 Å². The van der Waals surface area contributed by atoms with Gasteiger partial charge in [0, 0.05) is 25.1 Å². The number of likely N-dealkylation sites (tertiary alicyclic amines) is 1. The first-order valence-electron chi connectivity index (χ1n) is 8.39. The Morgan fingerprint density at radius 3 is 2.77 bits per heavy atom.